The molecule has 1 aromatic carbocycles. The van der Waals surface area contributed by atoms with E-state index in [1.165, 1.54) is 5.56 Å². The minimum atomic E-state index is 0.00952. The first-order valence-electron chi connectivity index (χ1n) is 8.49. The lowest BCUT2D eigenvalue weighted by molar-refractivity contribution is 0.345. The third-order valence-corrected chi connectivity index (χ3v) is 4.92. The van der Waals surface area contributed by atoms with Gasteiger partial charge in [-0.25, -0.2) is 0 Å². The average molecular weight is 322 g/mol. The van der Waals surface area contributed by atoms with Gasteiger partial charge in [-0.15, -0.1) is 0 Å². The van der Waals surface area contributed by atoms with Crippen molar-refractivity contribution in [3.05, 3.63) is 52.6 Å². The molecule has 124 valence electrons. The van der Waals surface area contributed by atoms with E-state index in [9.17, 15) is 4.79 Å². The second-order valence-corrected chi connectivity index (χ2v) is 6.69. The van der Waals surface area contributed by atoms with E-state index in [1.807, 2.05) is 12.3 Å². The number of benzene rings is 1. The molecular formula is C19H22N4O. The summed E-state index contributed by atoms with van der Waals surface area (Å²) in [5.74, 6) is 0. The minimum absolute atomic E-state index is 0.00952. The number of pyridine rings is 1. The zero-order chi connectivity index (χ0) is 16.7. The van der Waals surface area contributed by atoms with Crippen molar-refractivity contribution >= 4 is 10.9 Å². The van der Waals surface area contributed by atoms with Crippen LogP contribution in [0.2, 0.25) is 0 Å². The number of aryl methyl sites for hydroxylation is 2. The van der Waals surface area contributed by atoms with Gasteiger partial charge in [0.1, 0.15) is 0 Å². The number of nitrogens with zero attached hydrogens (tertiary/aromatic N) is 3. The molecular weight excluding hydrogens is 300 g/mol. The molecule has 4 rings (SSSR count). The van der Waals surface area contributed by atoms with Gasteiger partial charge in [-0.1, -0.05) is 0 Å². The highest BCUT2D eigenvalue weighted by molar-refractivity contribution is 5.87. The fraction of sp³-hybridized carbons (Fsp3) is 0.368. The molecule has 0 saturated carbocycles. The molecule has 3 aromatic rings. The maximum absolute atomic E-state index is 11.6. The van der Waals surface area contributed by atoms with Gasteiger partial charge in [-0.3, -0.25) is 9.48 Å². The summed E-state index contributed by atoms with van der Waals surface area (Å²) in [5.41, 5.74) is 4.43. The predicted molar refractivity (Wildman–Crippen MR) is 96.3 cm³/mol. The van der Waals surface area contributed by atoms with Crippen LogP contribution < -0.4 is 10.9 Å². The van der Waals surface area contributed by atoms with Crippen LogP contribution in [-0.2, 0) is 7.05 Å². The molecule has 5 nitrogen and oxygen atoms in total. The van der Waals surface area contributed by atoms with E-state index in [4.69, 9.17) is 5.10 Å². The average Bonchev–Trinajstić information content (AvgIpc) is 3.03. The fourth-order valence-electron chi connectivity index (χ4n) is 3.52. The van der Waals surface area contributed by atoms with Crippen LogP contribution in [0.3, 0.4) is 0 Å². The van der Waals surface area contributed by atoms with Crippen molar-refractivity contribution in [1.82, 2.24) is 19.7 Å². The minimum Gasteiger partial charge on any atom is -0.318 e. The van der Waals surface area contributed by atoms with Crippen LogP contribution in [0.4, 0.5) is 0 Å². The van der Waals surface area contributed by atoms with E-state index >= 15 is 0 Å². The molecule has 24 heavy (non-hydrogen) atoms. The van der Waals surface area contributed by atoms with Crippen LogP contribution in [0.5, 0.6) is 0 Å². The molecule has 0 radical (unpaired) electrons. The van der Waals surface area contributed by atoms with E-state index in [-0.39, 0.29) is 5.56 Å². The lowest BCUT2D eigenvalue weighted by Crippen LogP contribution is -2.29. The summed E-state index contributed by atoms with van der Waals surface area (Å²) in [4.78, 5) is 11.6. The van der Waals surface area contributed by atoms with Gasteiger partial charge in [0.25, 0.3) is 0 Å². The lowest BCUT2D eigenvalue weighted by atomic mass is 10.0. The van der Waals surface area contributed by atoms with Crippen LogP contribution in [0, 0.1) is 6.92 Å². The third kappa shape index (κ3) is 2.65. The van der Waals surface area contributed by atoms with Gasteiger partial charge in [0.2, 0.25) is 5.56 Å². The zero-order valence-electron chi connectivity index (χ0n) is 14.1. The van der Waals surface area contributed by atoms with E-state index in [0.717, 1.165) is 48.0 Å². The molecule has 1 aliphatic heterocycles. The second kappa shape index (κ2) is 5.91. The Kier molecular flexibility index (Phi) is 3.73. The van der Waals surface area contributed by atoms with Crippen molar-refractivity contribution in [1.29, 1.82) is 0 Å². The topological polar surface area (TPSA) is 51.9 Å². The highest BCUT2D eigenvalue weighted by Gasteiger charge is 2.17. The first-order valence-corrected chi connectivity index (χ1v) is 8.49. The molecule has 5 heteroatoms. The molecule has 1 saturated heterocycles. The maximum atomic E-state index is 11.6. The van der Waals surface area contributed by atoms with Crippen molar-refractivity contribution in [3.63, 3.8) is 0 Å². The summed E-state index contributed by atoms with van der Waals surface area (Å²) in [5, 5.41) is 9.40. The Balaban J connectivity index is 1.78. The highest BCUT2D eigenvalue weighted by atomic mass is 16.1. The van der Waals surface area contributed by atoms with Gasteiger partial charge < -0.3 is 9.88 Å². The zero-order valence-corrected chi connectivity index (χ0v) is 14.1. The Hall–Kier alpha value is -2.40. The van der Waals surface area contributed by atoms with Crippen molar-refractivity contribution < 1.29 is 0 Å². The van der Waals surface area contributed by atoms with E-state index in [2.05, 4.69) is 35.3 Å². The second-order valence-electron chi connectivity index (χ2n) is 6.69. The monoisotopic (exact) mass is 322 g/mol. The molecule has 0 amide bonds. The summed E-state index contributed by atoms with van der Waals surface area (Å²) >= 11 is 0. The Morgan fingerprint density at radius 2 is 1.92 bits per heavy atom. The predicted octanol–water partition coefficient (Wildman–Crippen LogP) is 2.63. The van der Waals surface area contributed by atoms with Gasteiger partial charge in [0, 0.05) is 30.9 Å². The largest absolute Gasteiger partial charge is 0.318 e. The first kappa shape index (κ1) is 15.1. The van der Waals surface area contributed by atoms with Crippen molar-refractivity contribution in [3.8, 4) is 11.1 Å². The molecule has 0 atom stereocenters. The summed E-state index contributed by atoms with van der Waals surface area (Å²) in [6.07, 6.45) is 6.31. The number of nitrogens with one attached hydrogen (secondary N) is 1. The molecule has 1 N–H and O–H groups in total. The summed E-state index contributed by atoms with van der Waals surface area (Å²) in [6.45, 7) is 4.22. The Bertz CT molecular complexity index is 948. The van der Waals surface area contributed by atoms with Crippen LogP contribution in [0.25, 0.3) is 22.0 Å². The number of rotatable bonds is 2. The van der Waals surface area contributed by atoms with Gasteiger partial charge in [-0.05, 0) is 67.7 Å². The summed E-state index contributed by atoms with van der Waals surface area (Å²) < 4.78 is 3.76. The summed E-state index contributed by atoms with van der Waals surface area (Å²) in [7, 11) is 1.78. The van der Waals surface area contributed by atoms with E-state index in [1.54, 1.807) is 17.7 Å². The highest BCUT2D eigenvalue weighted by Crippen LogP contribution is 2.28. The fourth-order valence-corrected chi connectivity index (χ4v) is 3.52. The lowest BCUT2D eigenvalue weighted by Gasteiger charge is -2.22. The van der Waals surface area contributed by atoms with Crippen molar-refractivity contribution in [2.45, 2.75) is 25.8 Å². The Morgan fingerprint density at radius 1 is 1.12 bits per heavy atom. The normalized spacial score (nSPS) is 15.9. The first-order chi connectivity index (χ1) is 11.6. The summed E-state index contributed by atoms with van der Waals surface area (Å²) in [6, 6.07) is 8.32. The standard InChI is InChI=1S/C19H22N4O/c1-13-9-15(14-3-4-18(24)22(2)11-14)10-16-12-23(21-19(13)16)17-5-7-20-8-6-17/h3-4,9-12,17,20H,5-8H2,1-2H3. The molecule has 2 aromatic heterocycles. The van der Waals surface area contributed by atoms with Gasteiger partial charge in [0.15, 0.2) is 0 Å². The Morgan fingerprint density at radius 3 is 2.67 bits per heavy atom. The Labute approximate surface area is 140 Å². The number of hydrogen-bond donors (Lipinski definition) is 1. The van der Waals surface area contributed by atoms with Crippen molar-refractivity contribution in [2.75, 3.05) is 13.1 Å². The molecule has 3 heterocycles. The van der Waals surface area contributed by atoms with Crippen LogP contribution in [0.15, 0.2) is 41.5 Å². The number of hydrogen-bond acceptors (Lipinski definition) is 3. The van der Waals surface area contributed by atoms with Gasteiger partial charge >= 0.3 is 0 Å². The molecule has 0 aliphatic carbocycles. The number of aromatic nitrogens is 3. The van der Waals surface area contributed by atoms with E-state index < -0.39 is 0 Å². The molecule has 0 spiro atoms. The number of fused-ring (bicyclic) bond motifs is 1. The molecule has 0 unspecified atom stereocenters. The SMILES string of the molecule is Cc1cc(-c2ccc(=O)n(C)c2)cc2cn(C3CCNCC3)nc12. The van der Waals surface area contributed by atoms with Gasteiger partial charge in [0.05, 0.1) is 11.6 Å². The van der Waals surface area contributed by atoms with Crippen LogP contribution >= 0.6 is 0 Å². The van der Waals surface area contributed by atoms with E-state index in [0.29, 0.717) is 6.04 Å². The quantitative estimate of drug-likeness (QED) is 0.789. The van der Waals surface area contributed by atoms with Crippen LogP contribution in [-0.4, -0.2) is 27.4 Å². The molecule has 1 fully saturated rings. The smallest absolute Gasteiger partial charge is 0.250 e. The molecule has 0 bridgehead atoms. The van der Waals surface area contributed by atoms with Crippen molar-refractivity contribution in [2.24, 2.45) is 7.05 Å². The van der Waals surface area contributed by atoms with Gasteiger partial charge in [-0.2, -0.15) is 5.10 Å². The van der Waals surface area contributed by atoms with Crippen LogP contribution in [0.1, 0.15) is 24.4 Å². The third-order valence-electron chi connectivity index (χ3n) is 4.92. The number of piperidine rings is 1. The molecule has 1 aliphatic rings. The maximum Gasteiger partial charge on any atom is 0.250 e.